The molecule has 0 aliphatic carbocycles. The molecular weight excluding hydrogens is 267 g/mol. The molecule has 2 rings (SSSR count). The lowest BCUT2D eigenvalue weighted by Crippen LogP contribution is -2.52. The van der Waals surface area contributed by atoms with E-state index in [1.807, 2.05) is 0 Å². The van der Waals surface area contributed by atoms with Crippen LogP contribution in [0.15, 0.2) is 18.2 Å². The van der Waals surface area contributed by atoms with E-state index in [1.165, 1.54) is 30.2 Å². The molecule has 20 heavy (non-hydrogen) atoms. The second-order valence-corrected chi connectivity index (χ2v) is 4.64. The molecule has 0 bridgehead atoms. The number of rotatable bonds is 4. The van der Waals surface area contributed by atoms with Crippen LogP contribution in [0.5, 0.6) is 5.75 Å². The van der Waals surface area contributed by atoms with Gasteiger partial charge in [-0.2, -0.15) is 0 Å². The average molecular weight is 282 g/mol. The zero-order chi connectivity index (χ0) is 14.7. The van der Waals surface area contributed by atoms with Crippen molar-refractivity contribution in [2.75, 3.05) is 25.5 Å². The second-order valence-electron chi connectivity index (χ2n) is 4.64. The predicted octanol–water partition coefficient (Wildman–Crippen LogP) is 1.77. The van der Waals surface area contributed by atoms with Gasteiger partial charge in [0.25, 0.3) is 0 Å². The molecule has 1 aliphatic heterocycles. The molecule has 1 saturated heterocycles. The summed E-state index contributed by atoms with van der Waals surface area (Å²) >= 11 is 0. The molecule has 2 amide bonds. The number of halogens is 1. The molecule has 7 heteroatoms. The first-order valence-corrected chi connectivity index (χ1v) is 6.11. The van der Waals surface area contributed by atoms with Crippen LogP contribution in [0.25, 0.3) is 0 Å². The number of likely N-dealkylation sites (tertiary alicyclic amines) is 1. The highest BCUT2D eigenvalue weighted by molar-refractivity contribution is 5.90. The van der Waals surface area contributed by atoms with Crippen LogP contribution in [0.3, 0.4) is 0 Å². The van der Waals surface area contributed by atoms with Gasteiger partial charge in [0.15, 0.2) is 0 Å². The van der Waals surface area contributed by atoms with E-state index < -0.39 is 17.8 Å². The second kappa shape index (κ2) is 5.77. The third kappa shape index (κ3) is 3.17. The SMILES string of the molecule is COc1ccc(F)c(NC(=O)N2CC(CC(=O)O)C2)c1. The number of nitrogens with zero attached hydrogens (tertiary/aromatic N) is 1. The lowest BCUT2D eigenvalue weighted by molar-refractivity contribution is -0.139. The van der Waals surface area contributed by atoms with Crippen molar-refractivity contribution in [1.29, 1.82) is 0 Å². The fourth-order valence-corrected chi connectivity index (χ4v) is 2.03. The van der Waals surface area contributed by atoms with E-state index in [0.29, 0.717) is 18.8 Å². The largest absolute Gasteiger partial charge is 0.497 e. The van der Waals surface area contributed by atoms with Gasteiger partial charge in [-0.05, 0) is 12.1 Å². The highest BCUT2D eigenvalue weighted by Crippen LogP contribution is 2.24. The molecule has 0 aromatic heterocycles. The van der Waals surface area contributed by atoms with Crippen LogP contribution in [0, 0.1) is 11.7 Å². The van der Waals surface area contributed by atoms with Crippen LogP contribution in [0.1, 0.15) is 6.42 Å². The van der Waals surface area contributed by atoms with Gasteiger partial charge in [-0.1, -0.05) is 0 Å². The lowest BCUT2D eigenvalue weighted by Gasteiger charge is -2.38. The third-order valence-electron chi connectivity index (χ3n) is 3.12. The first-order chi connectivity index (χ1) is 9.49. The normalized spacial score (nSPS) is 14.6. The Morgan fingerprint density at radius 2 is 2.20 bits per heavy atom. The highest BCUT2D eigenvalue weighted by Gasteiger charge is 2.32. The number of carbonyl (C=O) groups is 2. The van der Waals surface area contributed by atoms with E-state index >= 15 is 0 Å². The Labute approximate surface area is 115 Å². The van der Waals surface area contributed by atoms with Gasteiger partial charge in [-0.15, -0.1) is 0 Å². The fraction of sp³-hybridized carbons (Fsp3) is 0.385. The molecular formula is C13H15FN2O4. The molecule has 1 heterocycles. The molecule has 0 unspecified atom stereocenters. The number of ether oxygens (including phenoxy) is 1. The van der Waals surface area contributed by atoms with Gasteiger partial charge in [0.1, 0.15) is 11.6 Å². The van der Waals surface area contributed by atoms with Crippen LogP contribution in [-0.4, -0.2) is 42.2 Å². The van der Waals surface area contributed by atoms with Crippen LogP contribution >= 0.6 is 0 Å². The molecule has 108 valence electrons. The molecule has 6 nitrogen and oxygen atoms in total. The fourth-order valence-electron chi connectivity index (χ4n) is 2.03. The van der Waals surface area contributed by atoms with E-state index in [2.05, 4.69) is 5.32 Å². The summed E-state index contributed by atoms with van der Waals surface area (Å²) in [5.74, 6) is -1.03. The zero-order valence-corrected chi connectivity index (χ0v) is 10.9. The van der Waals surface area contributed by atoms with Crippen LogP contribution in [0.2, 0.25) is 0 Å². The van der Waals surface area contributed by atoms with Crippen LogP contribution in [-0.2, 0) is 4.79 Å². The molecule has 0 radical (unpaired) electrons. The smallest absolute Gasteiger partial charge is 0.321 e. The Kier molecular flexibility index (Phi) is 4.07. The lowest BCUT2D eigenvalue weighted by atomic mass is 9.97. The molecule has 0 spiro atoms. The highest BCUT2D eigenvalue weighted by atomic mass is 19.1. The number of benzene rings is 1. The maximum absolute atomic E-state index is 13.5. The van der Waals surface area contributed by atoms with E-state index in [-0.39, 0.29) is 18.0 Å². The first-order valence-electron chi connectivity index (χ1n) is 6.11. The number of hydrogen-bond donors (Lipinski definition) is 2. The number of carbonyl (C=O) groups excluding carboxylic acids is 1. The molecule has 1 aromatic carbocycles. The Balaban J connectivity index is 1.91. The van der Waals surface area contributed by atoms with Crippen molar-refractivity contribution in [1.82, 2.24) is 4.90 Å². The van der Waals surface area contributed by atoms with Crippen molar-refractivity contribution in [3.8, 4) is 5.75 Å². The van der Waals surface area contributed by atoms with E-state index in [0.717, 1.165) is 0 Å². The van der Waals surface area contributed by atoms with Crippen molar-refractivity contribution in [3.05, 3.63) is 24.0 Å². The number of amides is 2. The molecule has 1 aliphatic rings. The Bertz CT molecular complexity index is 529. The summed E-state index contributed by atoms with van der Waals surface area (Å²) in [6.07, 6.45) is 0.0390. The topological polar surface area (TPSA) is 78.9 Å². The first kappa shape index (κ1) is 14.1. The number of carboxylic acid groups (broad SMARTS) is 1. The Morgan fingerprint density at radius 3 is 2.80 bits per heavy atom. The monoisotopic (exact) mass is 282 g/mol. The summed E-state index contributed by atoms with van der Waals surface area (Å²) in [5.41, 5.74) is 0.0380. The van der Waals surface area contributed by atoms with Gasteiger partial charge >= 0.3 is 12.0 Å². The van der Waals surface area contributed by atoms with Crippen molar-refractivity contribution in [2.24, 2.45) is 5.92 Å². The molecule has 1 fully saturated rings. The van der Waals surface area contributed by atoms with E-state index in [1.54, 1.807) is 0 Å². The summed E-state index contributed by atoms with van der Waals surface area (Å²) in [5, 5.41) is 11.1. The van der Waals surface area contributed by atoms with Crippen LogP contribution in [0.4, 0.5) is 14.9 Å². The number of anilines is 1. The van der Waals surface area contributed by atoms with Crippen molar-refractivity contribution >= 4 is 17.7 Å². The zero-order valence-electron chi connectivity index (χ0n) is 10.9. The van der Waals surface area contributed by atoms with Gasteiger partial charge in [0.05, 0.1) is 19.2 Å². The summed E-state index contributed by atoms with van der Waals surface area (Å²) in [7, 11) is 1.45. The number of methoxy groups -OCH3 is 1. The summed E-state index contributed by atoms with van der Waals surface area (Å²) in [4.78, 5) is 23.8. The van der Waals surface area contributed by atoms with Gasteiger partial charge in [0.2, 0.25) is 0 Å². The Hall–Kier alpha value is -2.31. The number of hydrogen-bond acceptors (Lipinski definition) is 3. The van der Waals surface area contributed by atoms with Gasteiger partial charge < -0.3 is 20.1 Å². The minimum atomic E-state index is -0.881. The minimum absolute atomic E-state index is 0.0339. The quantitative estimate of drug-likeness (QED) is 0.882. The van der Waals surface area contributed by atoms with E-state index in [9.17, 15) is 14.0 Å². The number of carboxylic acids is 1. The summed E-state index contributed by atoms with van der Waals surface area (Å²) < 4.78 is 18.5. The maximum Gasteiger partial charge on any atom is 0.321 e. The van der Waals surface area contributed by atoms with E-state index in [4.69, 9.17) is 9.84 Å². The van der Waals surface area contributed by atoms with Crippen molar-refractivity contribution in [3.63, 3.8) is 0 Å². The standard InChI is InChI=1S/C13H15FN2O4/c1-20-9-2-3-10(14)11(5-9)15-13(19)16-6-8(7-16)4-12(17)18/h2-3,5,8H,4,6-7H2,1H3,(H,15,19)(H,17,18). The third-order valence-corrected chi connectivity index (χ3v) is 3.12. The van der Waals surface area contributed by atoms with Gasteiger partial charge in [0, 0.05) is 25.1 Å². The van der Waals surface area contributed by atoms with Crippen LogP contribution < -0.4 is 10.1 Å². The predicted molar refractivity (Wildman–Crippen MR) is 69.3 cm³/mol. The Morgan fingerprint density at radius 1 is 1.50 bits per heavy atom. The number of aliphatic carboxylic acids is 1. The number of urea groups is 1. The maximum atomic E-state index is 13.5. The molecule has 0 saturated carbocycles. The minimum Gasteiger partial charge on any atom is -0.497 e. The van der Waals surface area contributed by atoms with Gasteiger partial charge in [-0.3, -0.25) is 4.79 Å². The summed E-state index contributed by atoms with van der Waals surface area (Å²) in [6.45, 7) is 0.730. The van der Waals surface area contributed by atoms with Crippen molar-refractivity contribution in [2.45, 2.75) is 6.42 Å². The number of nitrogens with one attached hydrogen (secondary N) is 1. The molecule has 2 N–H and O–H groups in total. The molecule has 1 aromatic rings. The van der Waals surface area contributed by atoms with Crippen molar-refractivity contribution < 1.29 is 23.8 Å². The molecule has 0 atom stereocenters. The van der Waals surface area contributed by atoms with Gasteiger partial charge in [-0.25, -0.2) is 9.18 Å². The average Bonchev–Trinajstić information content (AvgIpc) is 2.35. The summed E-state index contributed by atoms with van der Waals surface area (Å²) in [6, 6.07) is 3.61.